The van der Waals surface area contributed by atoms with Crippen LogP contribution in [0.5, 0.6) is 0 Å². The van der Waals surface area contributed by atoms with Gasteiger partial charge in [0.25, 0.3) is 0 Å². The van der Waals surface area contributed by atoms with Crippen molar-refractivity contribution in [1.82, 2.24) is 14.7 Å². The minimum absolute atomic E-state index is 0.136. The Morgan fingerprint density at radius 3 is 2.74 bits per heavy atom. The zero-order valence-electron chi connectivity index (χ0n) is 14.7. The van der Waals surface area contributed by atoms with Gasteiger partial charge >= 0.3 is 5.97 Å². The quantitative estimate of drug-likeness (QED) is 0.609. The Balaban J connectivity index is 1.71. The molecule has 0 saturated heterocycles. The number of aromatic nitrogens is 2. The van der Waals surface area contributed by atoms with Crippen LogP contribution in [0.3, 0.4) is 0 Å². The van der Waals surface area contributed by atoms with Gasteiger partial charge in [0.05, 0.1) is 18.4 Å². The number of hydrogen-bond acceptors (Lipinski definition) is 5. The summed E-state index contributed by atoms with van der Waals surface area (Å²) in [5.41, 5.74) is 2.30. The first-order chi connectivity index (χ1) is 13.0. The number of H-pyrrole nitrogens is 1. The molecule has 0 saturated carbocycles. The third-order valence-electron chi connectivity index (χ3n) is 3.96. The number of aromatic amines is 1. The molecule has 0 aliphatic carbocycles. The second kappa shape index (κ2) is 8.15. The average Bonchev–Trinajstić information content (AvgIpc) is 3.21. The van der Waals surface area contributed by atoms with Gasteiger partial charge in [-0.05, 0) is 23.3 Å². The summed E-state index contributed by atoms with van der Waals surface area (Å²) in [4.78, 5) is 19.0. The van der Waals surface area contributed by atoms with E-state index in [1.165, 1.54) is 7.11 Å². The Kier molecular flexibility index (Phi) is 5.68. The van der Waals surface area contributed by atoms with Gasteiger partial charge in [0.1, 0.15) is 5.82 Å². The molecule has 2 aromatic carbocycles. The van der Waals surface area contributed by atoms with Gasteiger partial charge in [-0.3, -0.25) is 0 Å². The Labute approximate surface area is 157 Å². The molecule has 140 valence electrons. The highest BCUT2D eigenvalue weighted by atomic mass is 32.2. The van der Waals surface area contributed by atoms with Gasteiger partial charge in [0.2, 0.25) is 10.0 Å². The van der Waals surface area contributed by atoms with Crippen LogP contribution >= 0.6 is 0 Å². The van der Waals surface area contributed by atoms with Crippen LogP contribution < -0.4 is 4.72 Å². The van der Waals surface area contributed by atoms with Gasteiger partial charge in [-0.25, -0.2) is 22.9 Å². The lowest BCUT2D eigenvalue weighted by Crippen LogP contribution is -2.25. The summed E-state index contributed by atoms with van der Waals surface area (Å²) in [7, 11) is -2.38. The Hall–Kier alpha value is -2.97. The first kappa shape index (κ1) is 18.8. The maximum atomic E-state index is 12.5. The number of nitrogens with zero attached hydrogens (tertiary/aromatic N) is 1. The molecule has 0 aliphatic heterocycles. The maximum absolute atomic E-state index is 12.5. The second-order valence-electron chi connectivity index (χ2n) is 5.87. The van der Waals surface area contributed by atoms with Crippen molar-refractivity contribution in [2.45, 2.75) is 12.3 Å². The SMILES string of the molecule is COC(=O)c1ccccc1CS(=O)(=O)NCc1cccc(-c2ncc[nH]2)c1. The molecule has 8 heteroatoms. The summed E-state index contributed by atoms with van der Waals surface area (Å²) in [6, 6.07) is 13.9. The molecular weight excluding hydrogens is 366 g/mol. The minimum Gasteiger partial charge on any atom is -0.465 e. The second-order valence-corrected chi connectivity index (χ2v) is 7.67. The Bertz CT molecular complexity index is 1030. The van der Waals surface area contributed by atoms with E-state index in [1.54, 1.807) is 36.7 Å². The van der Waals surface area contributed by atoms with Crippen molar-refractivity contribution in [3.05, 3.63) is 77.6 Å². The normalized spacial score (nSPS) is 11.3. The molecule has 1 heterocycles. The van der Waals surface area contributed by atoms with Crippen LogP contribution in [0.4, 0.5) is 0 Å². The van der Waals surface area contributed by atoms with Crippen LogP contribution in [0.1, 0.15) is 21.5 Å². The Morgan fingerprint density at radius 2 is 2.00 bits per heavy atom. The van der Waals surface area contributed by atoms with Crippen molar-refractivity contribution in [2.75, 3.05) is 7.11 Å². The van der Waals surface area contributed by atoms with E-state index in [1.807, 2.05) is 24.3 Å². The molecule has 0 amide bonds. The standard InChI is InChI=1S/C19H19N3O4S/c1-26-19(23)17-8-3-2-6-16(17)13-27(24,25)22-12-14-5-4-7-15(11-14)18-20-9-10-21-18/h2-11,22H,12-13H2,1H3,(H,20,21). The summed E-state index contributed by atoms with van der Waals surface area (Å²) < 4.78 is 32.2. The summed E-state index contributed by atoms with van der Waals surface area (Å²) >= 11 is 0. The molecular formula is C19H19N3O4S. The van der Waals surface area contributed by atoms with Crippen molar-refractivity contribution in [3.8, 4) is 11.4 Å². The fourth-order valence-corrected chi connectivity index (χ4v) is 3.81. The maximum Gasteiger partial charge on any atom is 0.338 e. The summed E-state index contributed by atoms with van der Waals surface area (Å²) in [6.07, 6.45) is 3.38. The van der Waals surface area contributed by atoms with Crippen LogP contribution in [0.25, 0.3) is 11.4 Å². The van der Waals surface area contributed by atoms with Gasteiger partial charge in [-0.15, -0.1) is 0 Å². The lowest BCUT2D eigenvalue weighted by Gasteiger charge is -2.10. The third-order valence-corrected chi connectivity index (χ3v) is 5.24. The van der Waals surface area contributed by atoms with Crippen LogP contribution in [0.15, 0.2) is 60.9 Å². The number of methoxy groups -OCH3 is 1. The molecule has 0 aliphatic rings. The molecule has 3 aromatic rings. The van der Waals surface area contributed by atoms with Crippen molar-refractivity contribution < 1.29 is 17.9 Å². The average molecular weight is 385 g/mol. The van der Waals surface area contributed by atoms with E-state index in [-0.39, 0.29) is 17.9 Å². The molecule has 2 N–H and O–H groups in total. The van der Waals surface area contributed by atoms with E-state index in [9.17, 15) is 13.2 Å². The molecule has 27 heavy (non-hydrogen) atoms. The molecule has 0 atom stereocenters. The van der Waals surface area contributed by atoms with Gasteiger partial charge in [-0.2, -0.15) is 0 Å². The highest BCUT2D eigenvalue weighted by molar-refractivity contribution is 7.88. The third kappa shape index (κ3) is 4.81. The number of benzene rings is 2. The first-order valence-corrected chi connectivity index (χ1v) is 9.86. The van der Waals surface area contributed by atoms with E-state index in [2.05, 4.69) is 14.7 Å². The van der Waals surface area contributed by atoms with Crippen LogP contribution in [-0.2, 0) is 27.1 Å². The van der Waals surface area contributed by atoms with Gasteiger partial charge in [0.15, 0.2) is 0 Å². The van der Waals surface area contributed by atoms with Crippen molar-refractivity contribution in [1.29, 1.82) is 0 Å². The van der Waals surface area contributed by atoms with E-state index < -0.39 is 16.0 Å². The highest BCUT2D eigenvalue weighted by Gasteiger charge is 2.18. The van der Waals surface area contributed by atoms with Crippen molar-refractivity contribution in [3.63, 3.8) is 0 Å². The monoisotopic (exact) mass is 385 g/mol. The molecule has 0 bridgehead atoms. The highest BCUT2D eigenvalue weighted by Crippen LogP contribution is 2.17. The van der Waals surface area contributed by atoms with Crippen LogP contribution in [-0.4, -0.2) is 31.5 Å². The zero-order chi connectivity index (χ0) is 19.3. The number of esters is 1. The molecule has 0 unspecified atom stereocenters. The Morgan fingerprint density at radius 1 is 1.19 bits per heavy atom. The number of hydrogen-bond donors (Lipinski definition) is 2. The van der Waals surface area contributed by atoms with Crippen LogP contribution in [0, 0.1) is 0 Å². The largest absolute Gasteiger partial charge is 0.465 e. The number of rotatable bonds is 7. The van der Waals surface area contributed by atoms with E-state index >= 15 is 0 Å². The van der Waals surface area contributed by atoms with Crippen molar-refractivity contribution in [2.24, 2.45) is 0 Å². The summed E-state index contributed by atoms with van der Waals surface area (Å²) in [5.74, 6) is -0.158. The van der Waals surface area contributed by atoms with Gasteiger partial charge < -0.3 is 9.72 Å². The first-order valence-electron chi connectivity index (χ1n) is 8.21. The minimum atomic E-state index is -3.64. The summed E-state index contributed by atoms with van der Waals surface area (Å²) in [6.45, 7) is 0.136. The van der Waals surface area contributed by atoms with Gasteiger partial charge in [0, 0.05) is 24.5 Å². The molecule has 0 fully saturated rings. The lowest BCUT2D eigenvalue weighted by atomic mass is 10.1. The fraction of sp³-hybridized carbons (Fsp3) is 0.158. The predicted molar refractivity (Wildman–Crippen MR) is 101 cm³/mol. The molecule has 1 aromatic heterocycles. The van der Waals surface area contributed by atoms with E-state index in [4.69, 9.17) is 4.74 Å². The molecule has 3 rings (SSSR count). The molecule has 0 radical (unpaired) electrons. The van der Waals surface area contributed by atoms with E-state index in [0.717, 1.165) is 11.1 Å². The summed E-state index contributed by atoms with van der Waals surface area (Å²) in [5, 5.41) is 0. The van der Waals surface area contributed by atoms with Crippen LogP contribution in [0.2, 0.25) is 0 Å². The number of nitrogens with one attached hydrogen (secondary N) is 2. The topological polar surface area (TPSA) is 101 Å². The van der Waals surface area contributed by atoms with Gasteiger partial charge in [-0.1, -0.05) is 36.4 Å². The number of carbonyl (C=O) groups excluding carboxylic acids is 1. The number of sulfonamides is 1. The number of imidazole rings is 1. The molecule has 7 nitrogen and oxygen atoms in total. The van der Waals surface area contributed by atoms with Crippen molar-refractivity contribution >= 4 is 16.0 Å². The predicted octanol–water partition coefficient (Wildman–Crippen LogP) is 2.48. The zero-order valence-corrected chi connectivity index (χ0v) is 15.5. The fourth-order valence-electron chi connectivity index (χ4n) is 2.66. The lowest BCUT2D eigenvalue weighted by molar-refractivity contribution is 0.0600. The number of carbonyl (C=O) groups is 1. The smallest absolute Gasteiger partial charge is 0.338 e. The molecule has 0 spiro atoms. The van der Waals surface area contributed by atoms with E-state index in [0.29, 0.717) is 11.4 Å². The number of ether oxygens (including phenoxy) is 1.